The molecule has 0 fully saturated rings. The Hall–Kier alpha value is -3.19. The van der Waals surface area contributed by atoms with Crippen molar-refractivity contribution in [2.45, 2.75) is 40.7 Å². The molecule has 1 aromatic heterocycles. The van der Waals surface area contributed by atoms with E-state index in [9.17, 15) is 4.79 Å². The van der Waals surface area contributed by atoms with E-state index >= 15 is 0 Å². The van der Waals surface area contributed by atoms with Crippen molar-refractivity contribution in [1.29, 1.82) is 0 Å². The molecular weight excluding hydrogens is 364 g/mol. The summed E-state index contributed by atoms with van der Waals surface area (Å²) in [6.07, 6.45) is 2.05. The quantitative estimate of drug-likeness (QED) is 0.441. The fourth-order valence-electron chi connectivity index (χ4n) is 2.05. The number of nitrogens with zero attached hydrogens (tertiary/aromatic N) is 3. The van der Waals surface area contributed by atoms with Crippen LogP contribution in [0.25, 0.3) is 11.4 Å². The zero-order valence-electron chi connectivity index (χ0n) is 18.1. The van der Waals surface area contributed by atoms with E-state index in [1.54, 1.807) is 24.3 Å². The van der Waals surface area contributed by atoms with Gasteiger partial charge < -0.3 is 16.9 Å². The minimum Gasteiger partial charge on any atom is -0.349 e. The number of nitrogen functional groups attached to an aromatic ring is 1. The fraction of sp³-hybridized carbons (Fsp3) is 0.318. The largest absolute Gasteiger partial charge is 0.349 e. The molecule has 5 N–H and O–H groups in total. The van der Waals surface area contributed by atoms with Crippen LogP contribution in [0.15, 0.2) is 54.6 Å². The van der Waals surface area contributed by atoms with Crippen LogP contribution in [0.1, 0.15) is 50.0 Å². The highest BCUT2D eigenvalue weighted by Crippen LogP contribution is 2.17. The van der Waals surface area contributed by atoms with Gasteiger partial charge >= 0.3 is 0 Å². The molecule has 0 aliphatic heterocycles. The van der Waals surface area contributed by atoms with Crippen LogP contribution in [-0.4, -0.2) is 28.2 Å². The normalized spacial score (nSPS) is 8.90. The molecule has 0 bridgehead atoms. The SMILES string of the molecule is CC.CCC.CN.Nn1nc(-c2ccc(C=O)cc2)nc1NCc1ccccc1. The number of hydrogen-bond donors (Lipinski definition) is 3. The summed E-state index contributed by atoms with van der Waals surface area (Å²) in [5.41, 5.74) is 7.04. The smallest absolute Gasteiger partial charge is 0.242 e. The number of nitrogens with two attached hydrogens (primary N) is 2. The maximum Gasteiger partial charge on any atom is 0.242 e. The van der Waals surface area contributed by atoms with Crippen LogP contribution in [0, 0.1) is 0 Å². The molecule has 7 heteroatoms. The van der Waals surface area contributed by atoms with Crippen molar-refractivity contribution in [2.24, 2.45) is 5.73 Å². The fourth-order valence-corrected chi connectivity index (χ4v) is 2.05. The van der Waals surface area contributed by atoms with Crippen molar-refractivity contribution in [2.75, 3.05) is 18.2 Å². The molecule has 2 aromatic carbocycles. The maximum atomic E-state index is 10.7. The van der Waals surface area contributed by atoms with Gasteiger partial charge in [0.2, 0.25) is 5.95 Å². The Bertz CT molecular complexity index is 785. The Morgan fingerprint density at radius 3 is 2.07 bits per heavy atom. The first kappa shape index (κ1) is 25.8. The molecule has 0 unspecified atom stereocenters. The molecule has 3 aromatic rings. The third-order valence-electron chi connectivity index (χ3n) is 3.23. The van der Waals surface area contributed by atoms with Crippen molar-refractivity contribution in [1.82, 2.24) is 14.9 Å². The molecule has 1 heterocycles. The van der Waals surface area contributed by atoms with Gasteiger partial charge in [0.05, 0.1) is 0 Å². The third-order valence-corrected chi connectivity index (χ3v) is 3.23. The summed E-state index contributed by atoms with van der Waals surface area (Å²) >= 11 is 0. The summed E-state index contributed by atoms with van der Waals surface area (Å²) in [4.78, 5) is 16.3. The highest BCUT2D eigenvalue weighted by Gasteiger charge is 2.09. The molecule has 158 valence electrons. The lowest BCUT2D eigenvalue weighted by Crippen LogP contribution is -2.15. The summed E-state index contributed by atoms with van der Waals surface area (Å²) in [7, 11) is 1.50. The van der Waals surface area contributed by atoms with Gasteiger partial charge in [-0.05, 0) is 12.6 Å². The highest BCUT2D eigenvalue weighted by atomic mass is 16.1. The Labute approximate surface area is 174 Å². The molecule has 29 heavy (non-hydrogen) atoms. The van der Waals surface area contributed by atoms with E-state index in [0.717, 1.165) is 17.4 Å². The van der Waals surface area contributed by atoms with E-state index in [4.69, 9.17) is 5.84 Å². The second-order valence-electron chi connectivity index (χ2n) is 5.49. The van der Waals surface area contributed by atoms with Crippen molar-refractivity contribution in [3.05, 3.63) is 65.7 Å². The third kappa shape index (κ3) is 9.03. The van der Waals surface area contributed by atoms with E-state index in [1.165, 1.54) is 18.3 Å². The van der Waals surface area contributed by atoms with E-state index < -0.39 is 0 Å². The van der Waals surface area contributed by atoms with E-state index in [2.05, 4.69) is 35.0 Å². The van der Waals surface area contributed by atoms with Crippen molar-refractivity contribution in [3.63, 3.8) is 0 Å². The summed E-state index contributed by atoms with van der Waals surface area (Å²) in [5.74, 6) is 6.82. The first-order chi connectivity index (χ1) is 14.2. The van der Waals surface area contributed by atoms with Crippen LogP contribution in [0.4, 0.5) is 5.95 Å². The molecule has 0 saturated heterocycles. The average molecular weight is 399 g/mol. The van der Waals surface area contributed by atoms with E-state index in [-0.39, 0.29) is 0 Å². The Kier molecular flexibility index (Phi) is 14.1. The minimum absolute atomic E-state index is 0.485. The Balaban J connectivity index is 0.00000100. The van der Waals surface area contributed by atoms with Crippen LogP contribution >= 0.6 is 0 Å². The van der Waals surface area contributed by atoms with Gasteiger partial charge in [0.15, 0.2) is 5.82 Å². The number of carbonyl (C=O) groups excluding carboxylic acids is 1. The molecule has 7 nitrogen and oxygen atoms in total. The number of hydrogen-bond acceptors (Lipinski definition) is 6. The molecule has 0 spiro atoms. The lowest BCUT2D eigenvalue weighted by atomic mass is 10.1. The molecule has 0 aliphatic carbocycles. The van der Waals surface area contributed by atoms with Crippen LogP contribution in [0.5, 0.6) is 0 Å². The van der Waals surface area contributed by atoms with Gasteiger partial charge in [-0.1, -0.05) is 88.7 Å². The van der Waals surface area contributed by atoms with Gasteiger partial charge in [0, 0.05) is 17.7 Å². The molecule has 0 saturated carbocycles. The predicted molar refractivity (Wildman–Crippen MR) is 122 cm³/mol. The predicted octanol–water partition coefficient (Wildman–Crippen LogP) is 4.10. The number of nitrogens with one attached hydrogen (secondary N) is 1. The van der Waals surface area contributed by atoms with Crippen LogP contribution < -0.4 is 16.9 Å². The number of rotatable bonds is 5. The molecule has 0 atom stereocenters. The second-order valence-corrected chi connectivity index (χ2v) is 5.49. The highest BCUT2D eigenvalue weighted by molar-refractivity contribution is 5.76. The van der Waals surface area contributed by atoms with Crippen molar-refractivity contribution in [3.8, 4) is 11.4 Å². The standard InChI is InChI=1S/C16H15N5O.C3H8.C2H6.CH5N/c17-21-16(18-10-12-4-2-1-3-5-12)19-15(20-21)14-8-6-13(11-22)7-9-14;1-3-2;2*1-2/h1-9,11H,10,17H2,(H,18,19,20);3H2,1-2H3;1-2H3;2H2,1H3. The Morgan fingerprint density at radius 2 is 1.55 bits per heavy atom. The van der Waals surface area contributed by atoms with Gasteiger partial charge in [-0.25, -0.2) is 0 Å². The van der Waals surface area contributed by atoms with Gasteiger partial charge in [0.1, 0.15) is 6.29 Å². The topological polar surface area (TPSA) is 112 Å². The van der Waals surface area contributed by atoms with E-state index in [0.29, 0.717) is 23.9 Å². The molecular formula is C22H34N6O. The van der Waals surface area contributed by atoms with Crippen molar-refractivity contribution >= 4 is 12.2 Å². The summed E-state index contributed by atoms with van der Waals surface area (Å²) in [5, 5.41) is 7.33. The lowest BCUT2D eigenvalue weighted by molar-refractivity contribution is 0.112. The Morgan fingerprint density at radius 1 is 1.00 bits per heavy atom. The zero-order valence-corrected chi connectivity index (χ0v) is 18.1. The summed E-state index contributed by atoms with van der Waals surface area (Å²) < 4.78 is 0. The van der Waals surface area contributed by atoms with Crippen molar-refractivity contribution < 1.29 is 4.79 Å². The monoisotopic (exact) mass is 398 g/mol. The summed E-state index contributed by atoms with van der Waals surface area (Å²) in [6.45, 7) is 8.86. The van der Waals surface area contributed by atoms with Gasteiger partial charge in [-0.2, -0.15) is 4.98 Å². The molecule has 0 radical (unpaired) electrons. The van der Waals surface area contributed by atoms with Crippen LogP contribution in [0.3, 0.4) is 0 Å². The molecule has 0 aliphatic rings. The number of aldehydes is 1. The van der Waals surface area contributed by atoms with E-state index in [1.807, 2.05) is 44.2 Å². The molecule has 0 amide bonds. The number of benzene rings is 2. The second kappa shape index (κ2) is 15.8. The maximum absolute atomic E-state index is 10.7. The number of aromatic nitrogens is 3. The van der Waals surface area contributed by atoms with Gasteiger partial charge in [0.25, 0.3) is 0 Å². The zero-order chi connectivity index (χ0) is 22.1. The number of carbonyl (C=O) groups is 1. The first-order valence-corrected chi connectivity index (χ1v) is 9.81. The average Bonchev–Trinajstić information content (AvgIpc) is 3.17. The minimum atomic E-state index is 0.485. The molecule has 3 rings (SSSR count). The van der Waals surface area contributed by atoms with Crippen LogP contribution in [-0.2, 0) is 6.54 Å². The number of anilines is 1. The first-order valence-electron chi connectivity index (χ1n) is 9.81. The summed E-state index contributed by atoms with van der Waals surface area (Å²) in [6, 6.07) is 17.0. The van der Waals surface area contributed by atoms with Crippen LogP contribution in [0.2, 0.25) is 0 Å². The van der Waals surface area contributed by atoms with Gasteiger partial charge in [-0.15, -0.1) is 9.89 Å². The van der Waals surface area contributed by atoms with Gasteiger partial charge in [-0.3, -0.25) is 4.79 Å². The lowest BCUT2D eigenvalue weighted by Gasteiger charge is -2.03.